The van der Waals surface area contributed by atoms with Crippen LogP contribution in [0.2, 0.25) is 0 Å². The van der Waals surface area contributed by atoms with Crippen LogP contribution in [0.4, 0.5) is 0 Å². The van der Waals surface area contributed by atoms with Crippen molar-refractivity contribution in [3.8, 4) is 0 Å². The highest BCUT2D eigenvalue weighted by molar-refractivity contribution is 5.81. The van der Waals surface area contributed by atoms with Gasteiger partial charge in [0.15, 0.2) is 0 Å². The van der Waals surface area contributed by atoms with Crippen LogP contribution in [0.25, 0.3) is 0 Å². The molecule has 18 heavy (non-hydrogen) atoms. The van der Waals surface area contributed by atoms with Gasteiger partial charge in [0, 0.05) is 26.8 Å². The molecule has 0 aromatic carbocycles. The number of ether oxygens (including phenoxy) is 1. The Labute approximate surface area is 110 Å². The van der Waals surface area contributed by atoms with Crippen LogP contribution in [0.1, 0.15) is 34.1 Å². The van der Waals surface area contributed by atoms with Crippen molar-refractivity contribution in [2.24, 2.45) is 0 Å². The number of methoxy groups -OCH3 is 1. The molecular formula is C13H28N2O3. The third kappa shape index (κ3) is 7.63. The average Bonchev–Trinajstić information content (AvgIpc) is 2.29. The van der Waals surface area contributed by atoms with Crippen LogP contribution in [0.5, 0.6) is 0 Å². The highest BCUT2D eigenvalue weighted by Crippen LogP contribution is 2.08. The van der Waals surface area contributed by atoms with E-state index in [4.69, 9.17) is 4.74 Å². The van der Waals surface area contributed by atoms with E-state index in [-0.39, 0.29) is 11.9 Å². The Kier molecular flexibility index (Phi) is 8.15. The van der Waals surface area contributed by atoms with Gasteiger partial charge in [0.05, 0.1) is 11.6 Å². The zero-order chi connectivity index (χ0) is 14.2. The van der Waals surface area contributed by atoms with Crippen molar-refractivity contribution < 1.29 is 14.6 Å². The lowest BCUT2D eigenvalue weighted by Crippen LogP contribution is -2.50. The smallest absolute Gasteiger partial charge is 0.237 e. The lowest BCUT2D eigenvalue weighted by Gasteiger charge is -2.32. The van der Waals surface area contributed by atoms with E-state index < -0.39 is 5.60 Å². The van der Waals surface area contributed by atoms with Gasteiger partial charge >= 0.3 is 0 Å². The molecule has 0 saturated carbocycles. The largest absolute Gasteiger partial charge is 0.389 e. The fourth-order valence-electron chi connectivity index (χ4n) is 1.76. The van der Waals surface area contributed by atoms with Crippen molar-refractivity contribution in [3.63, 3.8) is 0 Å². The fraction of sp³-hybridized carbons (Fsp3) is 0.923. The zero-order valence-electron chi connectivity index (χ0n) is 12.3. The highest BCUT2D eigenvalue weighted by atomic mass is 16.5. The molecule has 0 aliphatic rings. The number of carbonyl (C=O) groups excluding carboxylic acids is 1. The summed E-state index contributed by atoms with van der Waals surface area (Å²) in [7, 11) is 1.65. The van der Waals surface area contributed by atoms with Gasteiger partial charge in [0.2, 0.25) is 5.91 Å². The van der Waals surface area contributed by atoms with E-state index in [1.54, 1.807) is 21.0 Å². The third-order valence-corrected chi connectivity index (χ3v) is 2.75. The van der Waals surface area contributed by atoms with E-state index in [1.807, 2.05) is 18.7 Å². The molecule has 0 aromatic rings. The molecule has 1 atom stereocenters. The first-order chi connectivity index (χ1) is 8.31. The minimum absolute atomic E-state index is 0.00259. The lowest BCUT2D eigenvalue weighted by molar-refractivity contribution is -0.126. The molecule has 0 fully saturated rings. The molecule has 108 valence electrons. The Balaban J connectivity index is 4.15. The molecule has 0 rings (SSSR count). The van der Waals surface area contributed by atoms with Crippen LogP contribution in [-0.2, 0) is 9.53 Å². The summed E-state index contributed by atoms with van der Waals surface area (Å²) in [6.07, 6.45) is 0.812. The number of nitrogens with one attached hydrogen (secondary N) is 1. The molecule has 0 heterocycles. The Hall–Kier alpha value is -0.650. The molecule has 0 bridgehead atoms. The topological polar surface area (TPSA) is 61.8 Å². The monoisotopic (exact) mass is 260 g/mol. The van der Waals surface area contributed by atoms with Crippen molar-refractivity contribution >= 4 is 5.91 Å². The van der Waals surface area contributed by atoms with Crippen molar-refractivity contribution in [2.75, 3.05) is 33.4 Å². The molecule has 5 heteroatoms. The van der Waals surface area contributed by atoms with E-state index in [2.05, 4.69) is 5.32 Å². The number of rotatable bonds is 9. The van der Waals surface area contributed by atoms with Gasteiger partial charge in [-0.25, -0.2) is 0 Å². The van der Waals surface area contributed by atoms with Crippen molar-refractivity contribution in [2.45, 2.75) is 45.8 Å². The standard InChI is InChI=1S/C13H28N2O3/c1-6-15(10-13(3,4)17)11(2)12(16)14-8-7-9-18-5/h11,17H,6-10H2,1-5H3,(H,14,16). The minimum atomic E-state index is -0.791. The van der Waals surface area contributed by atoms with Crippen LogP contribution in [0.15, 0.2) is 0 Å². The van der Waals surface area contributed by atoms with Crippen molar-refractivity contribution in [3.05, 3.63) is 0 Å². The summed E-state index contributed by atoms with van der Waals surface area (Å²) in [6.45, 7) is 9.83. The van der Waals surface area contributed by atoms with Gasteiger partial charge in [-0.05, 0) is 33.7 Å². The molecule has 0 aliphatic carbocycles. The summed E-state index contributed by atoms with van der Waals surface area (Å²) in [4.78, 5) is 13.9. The number of carbonyl (C=O) groups is 1. The third-order valence-electron chi connectivity index (χ3n) is 2.75. The molecule has 0 aliphatic heterocycles. The van der Waals surface area contributed by atoms with E-state index in [1.165, 1.54) is 0 Å². The second-order valence-electron chi connectivity index (χ2n) is 5.19. The molecule has 1 amide bonds. The predicted octanol–water partition coefficient (Wildman–Crippen LogP) is 0.620. The number of likely N-dealkylation sites (N-methyl/N-ethyl adjacent to an activating group) is 1. The normalized spacial score (nSPS) is 13.7. The van der Waals surface area contributed by atoms with E-state index in [0.717, 1.165) is 13.0 Å². The van der Waals surface area contributed by atoms with E-state index in [9.17, 15) is 9.90 Å². The molecule has 0 saturated heterocycles. The van der Waals surface area contributed by atoms with Crippen LogP contribution >= 0.6 is 0 Å². The Morgan fingerprint density at radius 3 is 2.56 bits per heavy atom. The van der Waals surface area contributed by atoms with Gasteiger partial charge in [0.25, 0.3) is 0 Å². The number of hydrogen-bond acceptors (Lipinski definition) is 4. The molecule has 0 radical (unpaired) electrons. The molecule has 2 N–H and O–H groups in total. The van der Waals surface area contributed by atoms with E-state index in [0.29, 0.717) is 19.7 Å². The molecular weight excluding hydrogens is 232 g/mol. The van der Waals surface area contributed by atoms with Gasteiger partial charge in [-0.15, -0.1) is 0 Å². The summed E-state index contributed by atoms with van der Waals surface area (Å²) in [5.41, 5.74) is -0.791. The van der Waals surface area contributed by atoms with Gasteiger partial charge in [-0.3, -0.25) is 9.69 Å². The SMILES string of the molecule is CCN(CC(C)(C)O)C(C)C(=O)NCCCOC. The predicted molar refractivity (Wildman–Crippen MR) is 72.5 cm³/mol. The second-order valence-corrected chi connectivity index (χ2v) is 5.19. The fourth-order valence-corrected chi connectivity index (χ4v) is 1.76. The van der Waals surface area contributed by atoms with E-state index >= 15 is 0 Å². The number of nitrogens with zero attached hydrogens (tertiary/aromatic N) is 1. The second kappa shape index (κ2) is 8.45. The molecule has 0 spiro atoms. The van der Waals surface area contributed by atoms with Crippen LogP contribution in [0, 0.1) is 0 Å². The summed E-state index contributed by atoms with van der Waals surface area (Å²) >= 11 is 0. The Morgan fingerprint density at radius 2 is 2.11 bits per heavy atom. The zero-order valence-corrected chi connectivity index (χ0v) is 12.3. The van der Waals surface area contributed by atoms with Crippen LogP contribution < -0.4 is 5.32 Å². The summed E-state index contributed by atoms with van der Waals surface area (Å²) in [5, 5.41) is 12.7. The first-order valence-electron chi connectivity index (χ1n) is 6.55. The lowest BCUT2D eigenvalue weighted by atomic mass is 10.1. The first-order valence-corrected chi connectivity index (χ1v) is 6.55. The van der Waals surface area contributed by atoms with Crippen molar-refractivity contribution in [1.29, 1.82) is 0 Å². The maximum Gasteiger partial charge on any atom is 0.237 e. The maximum absolute atomic E-state index is 11.9. The summed E-state index contributed by atoms with van der Waals surface area (Å²) in [6, 6.07) is -0.232. The molecule has 0 aromatic heterocycles. The quantitative estimate of drug-likeness (QED) is 0.597. The maximum atomic E-state index is 11.9. The van der Waals surface area contributed by atoms with Crippen LogP contribution in [0.3, 0.4) is 0 Å². The first kappa shape index (κ1) is 17.4. The summed E-state index contributed by atoms with van der Waals surface area (Å²) < 4.78 is 4.92. The van der Waals surface area contributed by atoms with Crippen LogP contribution in [-0.4, -0.2) is 60.9 Å². The number of aliphatic hydroxyl groups is 1. The molecule has 1 unspecified atom stereocenters. The van der Waals surface area contributed by atoms with Gasteiger partial charge in [-0.2, -0.15) is 0 Å². The Morgan fingerprint density at radius 1 is 1.50 bits per heavy atom. The number of hydrogen-bond donors (Lipinski definition) is 2. The van der Waals surface area contributed by atoms with Crippen molar-refractivity contribution in [1.82, 2.24) is 10.2 Å². The highest BCUT2D eigenvalue weighted by Gasteiger charge is 2.25. The van der Waals surface area contributed by atoms with Gasteiger partial charge in [-0.1, -0.05) is 6.92 Å². The average molecular weight is 260 g/mol. The van der Waals surface area contributed by atoms with Gasteiger partial charge < -0.3 is 15.2 Å². The number of amides is 1. The Bertz CT molecular complexity index is 239. The molecule has 5 nitrogen and oxygen atoms in total. The minimum Gasteiger partial charge on any atom is -0.389 e. The van der Waals surface area contributed by atoms with Gasteiger partial charge in [0.1, 0.15) is 0 Å². The summed E-state index contributed by atoms with van der Waals surface area (Å²) in [5.74, 6) is -0.00259.